The van der Waals surface area contributed by atoms with E-state index in [2.05, 4.69) is 20.3 Å². The normalized spacial score (nSPS) is 27.5. The standard InChI is InChI=1S/C16H26N6OS/c1-24-16-19-15-18-14-12(11-22(15)20-16)3-2-4-13(14)17-5-6-21-7-9-23-10-8-21/h12-13,17H,2-11H2,1H3. The first-order valence-corrected chi connectivity index (χ1v) is 10.2. The largest absolute Gasteiger partial charge is 0.379 e. The highest BCUT2D eigenvalue weighted by molar-refractivity contribution is 7.98. The summed E-state index contributed by atoms with van der Waals surface area (Å²) in [6.07, 6.45) is 5.67. The van der Waals surface area contributed by atoms with Gasteiger partial charge in [-0.05, 0) is 19.1 Å². The minimum absolute atomic E-state index is 0.396. The molecule has 0 bridgehead atoms. The molecular formula is C16H26N6OS. The fourth-order valence-electron chi connectivity index (χ4n) is 3.86. The molecule has 0 amide bonds. The minimum Gasteiger partial charge on any atom is -0.379 e. The van der Waals surface area contributed by atoms with Gasteiger partial charge in [-0.15, -0.1) is 5.10 Å². The molecule has 1 aromatic rings. The van der Waals surface area contributed by atoms with E-state index in [0.717, 1.165) is 57.0 Å². The summed E-state index contributed by atoms with van der Waals surface area (Å²) in [5, 5.41) is 9.10. The number of hydrogen-bond acceptors (Lipinski definition) is 7. The smallest absolute Gasteiger partial charge is 0.248 e. The molecule has 8 heteroatoms. The lowest BCUT2D eigenvalue weighted by molar-refractivity contribution is 0.0382. The molecule has 1 saturated carbocycles. The highest BCUT2D eigenvalue weighted by Gasteiger charge is 2.33. The maximum absolute atomic E-state index is 5.41. The van der Waals surface area contributed by atoms with Crippen molar-refractivity contribution in [2.75, 3.05) is 45.6 Å². The van der Waals surface area contributed by atoms with Crippen LogP contribution in [0, 0.1) is 5.92 Å². The molecule has 1 N–H and O–H groups in total. The Bertz CT molecular complexity index is 597. The first-order chi connectivity index (χ1) is 11.8. The molecule has 1 aliphatic carbocycles. The zero-order valence-electron chi connectivity index (χ0n) is 14.3. The van der Waals surface area contributed by atoms with Crippen molar-refractivity contribution >= 4 is 23.4 Å². The van der Waals surface area contributed by atoms with Crippen LogP contribution in [-0.2, 0) is 11.3 Å². The van der Waals surface area contributed by atoms with Gasteiger partial charge >= 0.3 is 0 Å². The van der Waals surface area contributed by atoms with Crippen LogP contribution in [0.5, 0.6) is 0 Å². The molecule has 4 rings (SSSR count). The Kier molecular flexibility index (Phi) is 5.17. The third-order valence-electron chi connectivity index (χ3n) is 5.18. The molecule has 2 unspecified atom stereocenters. The number of ether oxygens (including phenoxy) is 1. The van der Waals surface area contributed by atoms with Crippen molar-refractivity contribution in [3.63, 3.8) is 0 Å². The van der Waals surface area contributed by atoms with Crippen molar-refractivity contribution in [1.29, 1.82) is 0 Å². The van der Waals surface area contributed by atoms with Gasteiger partial charge in [-0.1, -0.05) is 18.2 Å². The fraction of sp³-hybridized carbons (Fsp3) is 0.812. The average molecular weight is 350 g/mol. The van der Waals surface area contributed by atoms with Gasteiger partial charge in [0, 0.05) is 43.9 Å². The Labute approximate surface area is 147 Å². The summed E-state index contributed by atoms with van der Waals surface area (Å²) < 4.78 is 7.40. The van der Waals surface area contributed by atoms with E-state index in [1.54, 1.807) is 11.8 Å². The zero-order chi connectivity index (χ0) is 16.4. The molecule has 3 heterocycles. The molecule has 1 aromatic heterocycles. The molecule has 132 valence electrons. The summed E-state index contributed by atoms with van der Waals surface area (Å²) >= 11 is 1.58. The summed E-state index contributed by atoms with van der Waals surface area (Å²) in [5.41, 5.74) is 1.30. The van der Waals surface area contributed by atoms with E-state index in [1.807, 2.05) is 10.9 Å². The van der Waals surface area contributed by atoms with Gasteiger partial charge in [0.05, 0.1) is 19.8 Å². The molecule has 24 heavy (non-hydrogen) atoms. The summed E-state index contributed by atoms with van der Waals surface area (Å²) in [5.74, 6) is 1.30. The van der Waals surface area contributed by atoms with Crippen LogP contribution >= 0.6 is 11.8 Å². The van der Waals surface area contributed by atoms with E-state index in [1.165, 1.54) is 25.0 Å². The maximum Gasteiger partial charge on any atom is 0.248 e. The number of nitrogens with one attached hydrogen (secondary N) is 1. The van der Waals surface area contributed by atoms with E-state index >= 15 is 0 Å². The monoisotopic (exact) mass is 350 g/mol. The van der Waals surface area contributed by atoms with Gasteiger partial charge in [-0.25, -0.2) is 9.67 Å². The summed E-state index contributed by atoms with van der Waals surface area (Å²) in [4.78, 5) is 11.9. The molecule has 3 aliphatic rings. The van der Waals surface area contributed by atoms with Crippen molar-refractivity contribution in [1.82, 2.24) is 25.0 Å². The van der Waals surface area contributed by atoms with Crippen LogP contribution in [0.1, 0.15) is 19.3 Å². The number of thioether (sulfide) groups is 1. The molecular weight excluding hydrogens is 324 g/mol. The second-order valence-corrected chi connectivity index (χ2v) is 7.48. The Morgan fingerprint density at radius 3 is 3.00 bits per heavy atom. The topological polar surface area (TPSA) is 67.6 Å². The Balaban J connectivity index is 1.39. The first kappa shape index (κ1) is 16.5. The molecule has 0 aromatic carbocycles. The lowest BCUT2D eigenvalue weighted by atomic mass is 9.83. The second-order valence-electron chi connectivity index (χ2n) is 6.71. The molecule has 0 spiro atoms. The van der Waals surface area contributed by atoms with Gasteiger partial charge in [0.15, 0.2) is 0 Å². The van der Waals surface area contributed by atoms with Crippen LogP contribution in [-0.4, -0.2) is 77.1 Å². The van der Waals surface area contributed by atoms with Crippen LogP contribution < -0.4 is 5.32 Å². The number of morpholine rings is 1. The van der Waals surface area contributed by atoms with Crippen LogP contribution in [0.2, 0.25) is 0 Å². The summed E-state index contributed by atoms with van der Waals surface area (Å²) in [6, 6.07) is 0.396. The van der Waals surface area contributed by atoms with Gasteiger partial charge in [0.1, 0.15) is 0 Å². The molecule has 7 nitrogen and oxygen atoms in total. The molecule has 0 radical (unpaired) electrons. The highest BCUT2D eigenvalue weighted by Crippen LogP contribution is 2.31. The van der Waals surface area contributed by atoms with Gasteiger partial charge in [-0.3, -0.25) is 4.90 Å². The second kappa shape index (κ2) is 7.51. The van der Waals surface area contributed by atoms with Crippen LogP contribution in [0.3, 0.4) is 0 Å². The number of rotatable bonds is 5. The molecule has 2 atom stereocenters. The number of aliphatic imine (C=N–C) groups is 1. The predicted octanol–water partition coefficient (Wildman–Crippen LogP) is 1.18. The average Bonchev–Trinajstić information content (AvgIpc) is 3.03. The van der Waals surface area contributed by atoms with E-state index in [4.69, 9.17) is 9.73 Å². The quantitative estimate of drug-likeness (QED) is 0.804. The van der Waals surface area contributed by atoms with Crippen LogP contribution in [0.4, 0.5) is 5.95 Å². The first-order valence-electron chi connectivity index (χ1n) is 8.94. The number of nitrogens with zero attached hydrogens (tertiary/aromatic N) is 5. The van der Waals surface area contributed by atoms with Gasteiger partial charge in [0.2, 0.25) is 11.1 Å². The van der Waals surface area contributed by atoms with Crippen LogP contribution in [0.15, 0.2) is 10.1 Å². The minimum atomic E-state index is 0.396. The third-order valence-corrected chi connectivity index (χ3v) is 5.72. The van der Waals surface area contributed by atoms with Crippen LogP contribution in [0.25, 0.3) is 0 Å². The maximum atomic E-state index is 5.41. The fourth-order valence-corrected chi connectivity index (χ4v) is 4.21. The van der Waals surface area contributed by atoms with Crippen molar-refractivity contribution in [2.24, 2.45) is 10.9 Å². The van der Waals surface area contributed by atoms with Gasteiger partial charge in [-0.2, -0.15) is 4.98 Å². The van der Waals surface area contributed by atoms with E-state index < -0.39 is 0 Å². The number of fused-ring (bicyclic) bond motifs is 2. The third kappa shape index (κ3) is 3.51. The summed E-state index contributed by atoms with van der Waals surface area (Å²) in [6.45, 7) is 6.87. The lowest BCUT2D eigenvalue weighted by Gasteiger charge is -2.34. The van der Waals surface area contributed by atoms with E-state index in [-0.39, 0.29) is 0 Å². The van der Waals surface area contributed by atoms with Crippen molar-refractivity contribution < 1.29 is 4.74 Å². The summed E-state index contributed by atoms with van der Waals surface area (Å²) in [7, 11) is 0. The van der Waals surface area contributed by atoms with E-state index in [9.17, 15) is 0 Å². The lowest BCUT2D eigenvalue weighted by Crippen LogP contribution is -2.48. The Morgan fingerprint density at radius 1 is 1.29 bits per heavy atom. The Hall–Kier alpha value is -0.960. The van der Waals surface area contributed by atoms with Gasteiger partial charge < -0.3 is 10.1 Å². The van der Waals surface area contributed by atoms with E-state index in [0.29, 0.717) is 12.0 Å². The zero-order valence-corrected chi connectivity index (χ0v) is 15.1. The number of aromatic nitrogens is 3. The van der Waals surface area contributed by atoms with Crippen molar-refractivity contribution in [3.8, 4) is 0 Å². The van der Waals surface area contributed by atoms with Crippen molar-refractivity contribution in [2.45, 2.75) is 37.0 Å². The highest BCUT2D eigenvalue weighted by atomic mass is 32.2. The van der Waals surface area contributed by atoms with Gasteiger partial charge in [0.25, 0.3) is 0 Å². The SMILES string of the molecule is CSc1nc2n(n1)CC1CCCC(NCCN3CCOCC3)C1=N2. The van der Waals surface area contributed by atoms with Crippen molar-refractivity contribution in [3.05, 3.63) is 0 Å². The Morgan fingerprint density at radius 2 is 2.17 bits per heavy atom. The number of hydrogen-bond donors (Lipinski definition) is 1. The predicted molar refractivity (Wildman–Crippen MR) is 95.3 cm³/mol. The molecule has 1 saturated heterocycles. The molecule has 2 fully saturated rings. The molecule has 2 aliphatic heterocycles.